The van der Waals surface area contributed by atoms with Gasteiger partial charge >= 0.3 is 0 Å². The van der Waals surface area contributed by atoms with Crippen LogP contribution in [0.5, 0.6) is 0 Å². The standard InChI is InChI=1S/C32H56O7Si/c1-19-13-25(36-17-34-8)23-16-24(37-18-35-12-11-33-7)21-14-26-29-28(20(2)38-26)27(39-40(9,10)31(3,4)5)15-22(19)32(23,6)30(21)29/h19,21-27,29-30H,11-18H2,1-10H3/t19-,21+,22+,23-,24+,25-,26-,27+,29+,30-,32-/m0/s1. The molecule has 1 heterocycles. The van der Waals surface area contributed by atoms with Crippen molar-refractivity contribution in [2.75, 3.05) is 41.0 Å². The number of rotatable bonds is 11. The Morgan fingerprint density at radius 3 is 2.33 bits per heavy atom. The van der Waals surface area contributed by atoms with E-state index in [9.17, 15) is 0 Å². The van der Waals surface area contributed by atoms with Crippen LogP contribution in [0, 0.1) is 40.9 Å². The maximum Gasteiger partial charge on any atom is 0.192 e. The van der Waals surface area contributed by atoms with Gasteiger partial charge in [0, 0.05) is 25.7 Å². The van der Waals surface area contributed by atoms with Gasteiger partial charge in [-0.3, -0.25) is 0 Å². The van der Waals surface area contributed by atoms with Gasteiger partial charge in [-0.25, -0.2) is 0 Å². The molecule has 0 saturated heterocycles. The van der Waals surface area contributed by atoms with Crippen LogP contribution in [0.25, 0.3) is 0 Å². The summed E-state index contributed by atoms with van der Waals surface area (Å²) in [6.45, 7) is 20.9. The van der Waals surface area contributed by atoms with Crippen molar-refractivity contribution in [2.24, 2.45) is 40.9 Å². The summed E-state index contributed by atoms with van der Waals surface area (Å²) in [5.41, 5.74) is 1.58. The van der Waals surface area contributed by atoms with Gasteiger partial charge in [0.2, 0.25) is 0 Å². The zero-order valence-electron chi connectivity index (χ0n) is 26.8. The predicted molar refractivity (Wildman–Crippen MR) is 157 cm³/mol. The van der Waals surface area contributed by atoms with Crippen LogP contribution in [-0.4, -0.2) is 73.8 Å². The van der Waals surface area contributed by atoms with E-state index in [0.29, 0.717) is 62.3 Å². The van der Waals surface area contributed by atoms with Gasteiger partial charge in [0.1, 0.15) is 19.7 Å². The normalized spacial score (nSPS) is 42.5. The van der Waals surface area contributed by atoms with Crippen molar-refractivity contribution in [2.45, 2.75) is 110 Å². The first kappa shape index (κ1) is 31.0. The molecule has 0 aromatic rings. The monoisotopic (exact) mass is 580 g/mol. The molecule has 0 aromatic carbocycles. The molecule has 1 aliphatic heterocycles. The van der Waals surface area contributed by atoms with E-state index in [-0.39, 0.29) is 34.9 Å². The fourth-order valence-corrected chi connectivity index (χ4v) is 10.7. The van der Waals surface area contributed by atoms with Gasteiger partial charge in [0.25, 0.3) is 0 Å². The SMILES string of the molecule is COCCOCO[C@@H]1C[C@H]2[C@@H](OCOC)C[C@H](C)[C@H]3C[C@@H](O[Si](C)(C)C(C)(C)C)C4=C(C)O[C@H]5C[C@H]1[C@@H]([C@@H]45)[C@@]32C. The highest BCUT2D eigenvalue weighted by Crippen LogP contribution is 2.71. The summed E-state index contributed by atoms with van der Waals surface area (Å²) in [5.74, 6) is 3.92. The van der Waals surface area contributed by atoms with Crippen LogP contribution in [0.4, 0.5) is 0 Å². The molecule has 0 aromatic heterocycles. The van der Waals surface area contributed by atoms with Gasteiger partial charge in [-0.1, -0.05) is 34.6 Å². The van der Waals surface area contributed by atoms with Gasteiger partial charge in [-0.2, -0.15) is 0 Å². The van der Waals surface area contributed by atoms with E-state index >= 15 is 0 Å². The molecule has 4 fully saturated rings. The van der Waals surface area contributed by atoms with Crippen molar-refractivity contribution in [3.63, 3.8) is 0 Å². The van der Waals surface area contributed by atoms with Crippen molar-refractivity contribution in [1.29, 1.82) is 0 Å². The van der Waals surface area contributed by atoms with Gasteiger partial charge < -0.3 is 32.8 Å². The lowest BCUT2D eigenvalue weighted by atomic mass is 9.45. The fourth-order valence-electron chi connectivity index (χ4n) is 9.44. The third-order valence-corrected chi connectivity index (χ3v) is 16.6. The molecule has 7 nitrogen and oxygen atoms in total. The average molecular weight is 581 g/mol. The summed E-state index contributed by atoms with van der Waals surface area (Å²) in [7, 11) is 1.42. The molecule has 4 saturated carbocycles. The Kier molecular flexibility index (Phi) is 8.94. The minimum Gasteiger partial charge on any atom is -0.494 e. The predicted octanol–water partition coefficient (Wildman–Crippen LogP) is 6.38. The minimum atomic E-state index is -2.00. The lowest BCUT2D eigenvalue weighted by Crippen LogP contribution is -2.60. The van der Waals surface area contributed by atoms with E-state index < -0.39 is 8.32 Å². The van der Waals surface area contributed by atoms with Crippen molar-refractivity contribution in [1.82, 2.24) is 0 Å². The van der Waals surface area contributed by atoms with E-state index in [1.165, 1.54) is 5.57 Å². The molecule has 0 bridgehead atoms. The van der Waals surface area contributed by atoms with Crippen LogP contribution in [0.15, 0.2) is 11.3 Å². The second-order valence-corrected chi connectivity index (χ2v) is 19.8. The van der Waals surface area contributed by atoms with Crippen LogP contribution in [-0.2, 0) is 32.8 Å². The Bertz CT molecular complexity index is 931. The van der Waals surface area contributed by atoms with Crippen molar-refractivity contribution >= 4 is 8.32 Å². The van der Waals surface area contributed by atoms with Crippen LogP contribution in [0.2, 0.25) is 18.1 Å². The van der Waals surface area contributed by atoms with E-state index in [4.69, 9.17) is 32.8 Å². The number of ether oxygens (including phenoxy) is 6. The third-order valence-electron chi connectivity index (χ3n) is 12.1. The van der Waals surface area contributed by atoms with Crippen molar-refractivity contribution < 1.29 is 32.8 Å². The van der Waals surface area contributed by atoms with Crippen LogP contribution < -0.4 is 0 Å². The Morgan fingerprint density at radius 1 is 0.925 bits per heavy atom. The zero-order chi connectivity index (χ0) is 29.0. The highest BCUT2D eigenvalue weighted by atomic mass is 28.4. The quantitative estimate of drug-likeness (QED) is 0.160. The minimum absolute atomic E-state index is 0.113. The molecule has 4 aliphatic carbocycles. The van der Waals surface area contributed by atoms with Gasteiger partial charge in [-0.15, -0.1) is 0 Å². The van der Waals surface area contributed by atoms with Gasteiger partial charge in [-0.05, 0) is 85.7 Å². The van der Waals surface area contributed by atoms with E-state index in [1.807, 2.05) is 0 Å². The average Bonchev–Trinajstić information content (AvgIpc) is 3.35. The first-order valence-corrected chi connectivity index (χ1v) is 18.6. The van der Waals surface area contributed by atoms with Crippen molar-refractivity contribution in [3.8, 4) is 0 Å². The Balaban J connectivity index is 1.54. The first-order valence-electron chi connectivity index (χ1n) is 15.7. The first-order chi connectivity index (χ1) is 18.8. The number of hydrogen-bond acceptors (Lipinski definition) is 7. The topological polar surface area (TPSA) is 64.6 Å². The maximum absolute atomic E-state index is 7.37. The molecule has 5 rings (SSSR count). The lowest BCUT2D eigenvalue weighted by molar-refractivity contribution is -0.228. The molecule has 11 atom stereocenters. The molecule has 8 heteroatoms. The molecular weight excluding hydrogens is 524 g/mol. The largest absolute Gasteiger partial charge is 0.494 e. The van der Waals surface area contributed by atoms with Crippen LogP contribution >= 0.6 is 0 Å². The van der Waals surface area contributed by atoms with Crippen LogP contribution in [0.3, 0.4) is 0 Å². The molecule has 0 amide bonds. The van der Waals surface area contributed by atoms with E-state index in [0.717, 1.165) is 31.4 Å². The van der Waals surface area contributed by atoms with E-state index in [2.05, 4.69) is 54.6 Å². The maximum atomic E-state index is 7.37. The van der Waals surface area contributed by atoms with Crippen LogP contribution in [0.1, 0.15) is 67.2 Å². The van der Waals surface area contributed by atoms with E-state index in [1.54, 1.807) is 14.2 Å². The molecule has 0 spiro atoms. The molecule has 230 valence electrons. The second kappa shape index (κ2) is 11.5. The number of hydrogen-bond donors (Lipinski definition) is 0. The Morgan fingerprint density at radius 2 is 1.65 bits per heavy atom. The Labute approximate surface area is 244 Å². The molecule has 0 radical (unpaired) electrons. The molecule has 5 aliphatic rings. The smallest absolute Gasteiger partial charge is 0.192 e. The molecule has 40 heavy (non-hydrogen) atoms. The second-order valence-electron chi connectivity index (χ2n) is 15.1. The third kappa shape index (κ3) is 5.15. The Hall–Kier alpha value is -0.483. The summed E-state index contributed by atoms with van der Waals surface area (Å²) >= 11 is 0. The highest BCUT2D eigenvalue weighted by Gasteiger charge is 2.70. The molecule has 0 unspecified atom stereocenters. The fraction of sp³-hybridized carbons (Fsp3) is 0.938. The lowest BCUT2D eigenvalue weighted by Gasteiger charge is -2.61. The highest BCUT2D eigenvalue weighted by molar-refractivity contribution is 6.74. The summed E-state index contributed by atoms with van der Waals surface area (Å²) in [4.78, 5) is 0. The van der Waals surface area contributed by atoms with Gasteiger partial charge in [0.05, 0.1) is 37.3 Å². The van der Waals surface area contributed by atoms with Crippen molar-refractivity contribution in [3.05, 3.63) is 11.3 Å². The summed E-state index contributed by atoms with van der Waals surface area (Å²) in [5, 5.41) is 0.156. The zero-order valence-corrected chi connectivity index (χ0v) is 27.8. The van der Waals surface area contributed by atoms with Gasteiger partial charge in [0.15, 0.2) is 8.32 Å². The number of methoxy groups -OCH3 is 2. The molecule has 0 N–H and O–H groups in total. The summed E-state index contributed by atoms with van der Waals surface area (Å²) < 4.78 is 43.6. The summed E-state index contributed by atoms with van der Waals surface area (Å²) in [6, 6.07) is 0. The summed E-state index contributed by atoms with van der Waals surface area (Å²) in [6.07, 6.45) is 4.78. The number of allylic oxidation sites excluding steroid dienone is 1. The molecular formula is C32H56O7Si.